The van der Waals surface area contributed by atoms with E-state index in [9.17, 15) is 4.79 Å². The lowest BCUT2D eigenvalue weighted by molar-refractivity contribution is -0.00643. The molecule has 0 N–H and O–H groups in total. The minimum atomic E-state index is -0.365. The zero-order valence-electron chi connectivity index (χ0n) is 21.2. The van der Waals surface area contributed by atoms with Gasteiger partial charge in [0.1, 0.15) is 23.3 Å². The molecule has 0 amide bonds. The number of nitrogens with zero attached hydrogens (tertiary/aromatic N) is 1. The van der Waals surface area contributed by atoms with Crippen molar-refractivity contribution in [3.63, 3.8) is 0 Å². The Kier molecular flexibility index (Phi) is 9.02. The fourth-order valence-corrected chi connectivity index (χ4v) is 5.11. The van der Waals surface area contributed by atoms with Crippen LogP contribution in [0.5, 0.6) is 11.5 Å². The summed E-state index contributed by atoms with van der Waals surface area (Å²) in [6.45, 7) is 13.5. The SMILES string of the molecule is CCOC(=O)c1cc2cccc(OCC3CCCCC3)c2cc1OC(C)N(C(C)C)C(C)C. The molecule has 5 nitrogen and oxygen atoms in total. The van der Waals surface area contributed by atoms with Crippen molar-refractivity contribution in [3.05, 3.63) is 35.9 Å². The van der Waals surface area contributed by atoms with Gasteiger partial charge < -0.3 is 14.2 Å². The second-order valence-electron chi connectivity index (χ2n) is 9.71. The van der Waals surface area contributed by atoms with Gasteiger partial charge in [-0.1, -0.05) is 31.4 Å². The lowest BCUT2D eigenvalue weighted by Gasteiger charge is -2.36. The highest BCUT2D eigenvalue weighted by atomic mass is 16.5. The molecule has 2 aromatic rings. The second-order valence-corrected chi connectivity index (χ2v) is 9.71. The fraction of sp³-hybridized carbons (Fsp3) is 0.607. The number of hydrogen-bond acceptors (Lipinski definition) is 5. The average Bonchev–Trinajstić information content (AvgIpc) is 2.77. The van der Waals surface area contributed by atoms with E-state index in [1.807, 2.05) is 44.2 Å². The van der Waals surface area contributed by atoms with Crippen molar-refractivity contribution in [1.82, 2.24) is 4.90 Å². The lowest BCUT2D eigenvalue weighted by Crippen LogP contribution is -2.46. The first-order valence-electron chi connectivity index (χ1n) is 12.6. The summed E-state index contributed by atoms with van der Waals surface area (Å²) in [4.78, 5) is 15.1. The van der Waals surface area contributed by atoms with E-state index in [4.69, 9.17) is 14.2 Å². The Balaban J connectivity index is 1.95. The largest absolute Gasteiger partial charge is 0.493 e. The minimum Gasteiger partial charge on any atom is -0.493 e. The fourth-order valence-electron chi connectivity index (χ4n) is 5.11. The number of carbonyl (C=O) groups is 1. The van der Waals surface area contributed by atoms with Crippen LogP contribution in [0.4, 0.5) is 0 Å². The van der Waals surface area contributed by atoms with E-state index in [1.165, 1.54) is 32.1 Å². The molecule has 1 unspecified atom stereocenters. The van der Waals surface area contributed by atoms with Crippen molar-refractivity contribution in [2.45, 2.75) is 92.0 Å². The normalized spacial score (nSPS) is 15.9. The zero-order chi connectivity index (χ0) is 24.0. The molecule has 182 valence electrons. The maximum absolute atomic E-state index is 12.8. The van der Waals surface area contributed by atoms with Gasteiger partial charge in [0.2, 0.25) is 0 Å². The minimum absolute atomic E-state index is 0.203. The molecule has 0 aliphatic heterocycles. The number of esters is 1. The monoisotopic (exact) mass is 455 g/mol. The predicted octanol–water partition coefficient (Wildman–Crippen LogP) is 6.82. The van der Waals surface area contributed by atoms with Gasteiger partial charge in [-0.2, -0.15) is 0 Å². The van der Waals surface area contributed by atoms with Crippen molar-refractivity contribution < 1.29 is 19.0 Å². The third-order valence-corrected chi connectivity index (χ3v) is 6.55. The Morgan fingerprint density at radius 3 is 2.33 bits per heavy atom. The summed E-state index contributed by atoms with van der Waals surface area (Å²) in [5, 5.41) is 1.91. The van der Waals surface area contributed by atoms with Gasteiger partial charge in [-0.15, -0.1) is 0 Å². The molecule has 1 aliphatic rings. The second kappa shape index (κ2) is 11.7. The summed E-state index contributed by atoms with van der Waals surface area (Å²) in [6, 6.07) is 10.4. The van der Waals surface area contributed by atoms with Crippen molar-refractivity contribution in [1.29, 1.82) is 0 Å². The molecule has 33 heavy (non-hydrogen) atoms. The van der Waals surface area contributed by atoms with Crippen molar-refractivity contribution in [3.8, 4) is 11.5 Å². The van der Waals surface area contributed by atoms with Crippen LogP contribution in [0, 0.1) is 5.92 Å². The molecule has 1 atom stereocenters. The molecule has 1 saturated carbocycles. The zero-order valence-corrected chi connectivity index (χ0v) is 21.2. The van der Waals surface area contributed by atoms with E-state index in [-0.39, 0.29) is 12.2 Å². The van der Waals surface area contributed by atoms with Gasteiger partial charge in [-0.25, -0.2) is 4.79 Å². The number of rotatable bonds is 10. The molecule has 0 spiro atoms. The van der Waals surface area contributed by atoms with Crippen LogP contribution < -0.4 is 9.47 Å². The summed E-state index contributed by atoms with van der Waals surface area (Å²) in [7, 11) is 0. The number of ether oxygens (including phenoxy) is 3. The first-order chi connectivity index (χ1) is 15.8. The number of fused-ring (bicyclic) bond motifs is 1. The highest BCUT2D eigenvalue weighted by Crippen LogP contribution is 2.35. The van der Waals surface area contributed by atoms with Crippen LogP contribution in [0.15, 0.2) is 30.3 Å². The first-order valence-corrected chi connectivity index (χ1v) is 12.6. The highest BCUT2D eigenvalue weighted by molar-refractivity contribution is 6.00. The third kappa shape index (κ3) is 6.41. The number of hydrogen-bond donors (Lipinski definition) is 0. The van der Waals surface area contributed by atoms with Crippen molar-refractivity contribution >= 4 is 16.7 Å². The molecule has 0 aromatic heterocycles. The van der Waals surface area contributed by atoms with E-state index in [2.05, 4.69) is 32.6 Å². The summed E-state index contributed by atoms with van der Waals surface area (Å²) in [6.07, 6.45) is 6.21. The highest BCUT2D eigenvalue weighted by Gasteiger charge is 2.25. The molecule has 5 heteroatoms. The maximum Gasteiger partial charge on any atom is 0.341 e. The average molecular weight is 456 g/mol. The molecule has 2 aromatic carbocycles. The Bertz CT molecular complexity index is 909. The molecule has 0 heterocycles. The predicted molar refractivity (Wildman–Crippen MR) is 134 cm³/mol. The molecule has 0 saturated heterocycles. The van der Waals surface area contributed by atoms with E-state index in [0.717, 1.165) is 23.1 Å². The van der Waals surface area contributed by atoms with Crippen LogP contribution in [0.2, 0.25) is 0 Å². The topological polar surface area (TPSA) is 48.0 Å². The first kappa shape index (κ1) is 25.4. The van der Waals surface area contributed by atoms with Crippen LogP contribution in [-0.2, 0) is 4.74 Å². The van der Waals surface area contributed by atoms with Gasteiger partial charge in [-0.3, -0.25) is 4.90 Å². The van der Waals surface area contributed by atoms with Crippen molar-refractivity contribution in [2.24, 2.45) is 5.92 Å². The van der Waals surface area contributed by atoms with Crippen LogP contribution in [0.1, 0.15) is 84.0 Å². The molecule has 3 rings (SSSR count). The molecule has 0 bridgehead atoms. The molecular weight excluding hydrogens is 414 g/mol. The van der Waals surface area contributed by atoms with Crippen LogP contribution in [0.3, 0.4) is 0 Å². The van der Waals surface area contributed by atoms with Gasteiger partial charge in [0.15, 0.2) is 0 Å². The Hall–Kier alpha value is -2.27. The van der Waals surface area contributed by atoms with E-state index >= 15 is 0 Å². The summed E-state index contributed by atoms with van der Waals surface area (Å²) >= 11 is 0. The van der Waals surface area contributed by atoms with Gasteiger partial charge in [-0.05, 0) is 83.9 Å². The van der Waals surface area contributed by atoms with Gasteiger partial charge in [0.05, 0.1) is 13.2 Å². The maximum atomic E-state index is 12.8. The summed E-state index contributed by atoms with van der Waals surface area (Å²) in [5.41, 5.74) is 0.452. The lowest BCUT2D eigenvalue weighted by atomic mass is 9.90. The van der Waals surface area contributed by atoms with E-state index < -0.39 is 0 Å². The van der Waals surface area contributed by atoms with Crippen LogP contribution >= 0.6 is 0 Å². The van der Waals surface area contributed by atoms with Crippen LogP contribution in [0.25, 0.3) is 10.8 Å². The standard InChI is InChI=1S/C28H41NO4/c1-7-31-28(30)25-16-23-14-11-15-26(32-18-22-12-9-8-10-13-22)24(23)17-27(25)33-21(6)29(19(2)3)20(4)5/h11,14-17,19-22H,7-10,12-13,18H2,1-6H3. The quantitative estimate of drug-likeness (QED) is 0.291. The smallest absolute Gasteiger partial charge is 0.341 e. The Morgan fingerprint density at radius 2 is 1.70 bits per heavy atom. The van der Waals surface area contributed by atoms with E-state index in [0.29, 0.717) is 35.9 Å². The third-order valence-electron chi connectivity index (χ3n) is 6.55. The summed E-state index contributed by atoms with van der Waals surface area (Å²) < 4.78 is 18.1. The number of carbonyl (C=O) groups excluding carboxylic acids is 1. The molecule has 0 radical (unpaired) electrons. The Labute approximate surface area is 199 Å². The van der Waals surface area contributed by atoms with Crippen LogP contribution in [-0.4, -0.2) is 42.4 Å². The Morgan fingerprint density at radius 1 is 1.00 bits per heavy atom. The molecular formula is C28H41NO4. The molecule has 1 fully saturated rings. The van der Waals surface area contributed by atoms with Gasteiger partial charge in [0, 0.05) is 17.5 Å². The number of benzene rings is 2. The van der Waals surface area contributed by atoms with Gasteiger partial charge >= 0.3 is 5.97 Å². The molecule has 1 aliphatic carbocycles. The summed E-state index contributed by atoms with van der Waals surface area (Å²) in [5.74, 6) is 1.63. The van der Waals surface area contributed by atoms with Crippen molar-refractivity contribution in [2.75, 3.05) is 13.2 Å². The van der Waals surface area contributed by atoms with E-state index in [1.54, 1.807) is 0 Å². The van der Waals surface area contributed by atoms with Gasteiger partial charge in [0.25, 0.3) is 0 Å².